The van der Waals surface area contributed by atoms with E-state index in [4.69, 9.17) is 19.3 Å². The Morgan fingerprint density at radius 3 is 1.96 bits per heavy atom. The molecule has 150 valence electrons. The van der Waals surface area contributed by atoms with E-state index in [1.54, 1.807) is 41.5 Å². The van der Waals surface area contributed by atoms with Gasteiger partial charge in [-0.2, -0.15) is 9.88 Å². The molecule has 0 spiro atoms. The smallest absolute Gasteiger partial charge is 0.425 e. The van der Waals surface area contributed by atoms with Crippen LogP contribution in [0.5, 0.6) is 6.01 Å². The number of aliphatic carboxylic acids is 1. The van der Waals surface area contributed by atoms with E-state index in [-0.39, 0.29) is 4.90 Å². The number of amides is 2. The molecule has 0 unspecified atom stereocenters. The molecule has 1 heterocycles. The van der Waals surface area contributed by atoms with Crippen LogP contribution in [0.15, 0.2) is 6.20 Å². The monoisotopic (exact) mass is 387 g/mol. The fraction of sp³-hybridized carbons (Fsp3) is 0.562. The Bertz CT molecular complexity index is 698. The molecule has 0 aliphatic heterocycles. The summed E-state index contributed by atoms with van der Waals surface area (Å²) in [4.78, 5) is 42.8. The van der Waals surface area contributed by atoms with E-state index in [9.17, 15) is 18.8 Å². The minimum absolute atomic E-state index is 0.251. The summed E-state index contributed by atoms with van der Waals surface area (Å²) >= 11 is 0. The lowest BCUT2D eigenvalue weighted by atomic mass is 10.2. The van der Waals surface area contributed by atoms with Gasteiger partial charge in [0, 0.05) is 0 Å². The normalized spacial score (nSPS) is 11.5. The van der Waals surface area contributed by atoms with Crippen molar-refractivity contribution in [1.29, 1.82) is 0 Å². The van der Waals surface area contributed by atoms with Crippen molar-refractivity contribution in [2.45, 2.75) is 52.7 Å². The Labute approximate surface area is 155 Å². The lowest BCUT2D eigenvalue weighted by Crippen LogP contribution is -2.44. The van der Waals surface area contributed by atoms with E-state index in [1.807, 2.05) is 0 Å². The number of anilines is 1. The van der Waals surface area contributed by atoms with E-state index in [0.717, 1.165) is 0 Å². The molecule has 0 aliphatic carbocycles. The Balaban J connectivity index is 3.32. The van der Waals surface area contributed by atoms with Crippen LogP contribution >= 0.6 is 0 Å². The lowest BCUT2D eigenvalue weighted by molar-refractivity contribution is -0.139. The maximum Gasteiger partial charge on any atom is 0.425 e. The first-order valence-corrected chi connectivity index (χ1v) is 7.83. The highest BCUT2D eigenvalue weighted by Gasteiger charge is 2.36. The van der Waals surface area contributed by atoms with E-state index >= 15 is 0 Å². The Hall–Kier alpha value is -2.98. The van der Waals surface area contributed by atoms with E-state index < -0.39 is 53.6 Å². The van der Waals surface area contributed by atoms with Crippen molar-refractivity contribution in [3.8, 4) is 6.01 Å². The van der Waals surface area contributed by atoms with Gasteiger partial charge in [-0.1, -0.05) is 0 Å². The third-order valence-electron chi connectivity index (χ3n) is 2.39. The Morgan fingerprint density at radius 1 is 1.07 bits per heavy atom. The molecule has 0 saturated heterocycles. The van der Waals surface area contributed by atoms with Crippen molar-refractivity contribution in [3.05, 3.63) is 12.0 Å². The first-order valence-electron chi connectivity index (χ1n) is 7.83. The largest absolute Gasteiger partial charge is 0.479 e. The van der Waals surface area contributed by atoms with Crippen LogP contribution in [-0.4, -0.2) is 51.0 Å². The average Bonchev–Trinajstić information content (AvgIpc) is 2.44. The highest BCUT2D eigenvalue weighted by atomic mass is 19.1. The highest BCUT2D eigenvalue weighted by Crippen LogP contribution is 2.23. The Kier molecular flexibility index (Phi) is 6.65. The van der Waals surface area contributed by atoms with Crippen LogP contribution in [0.25, 0.3) is 0 Å². The number of carbonyl (C=O) groups is 3. The molecule has 27 heavy (non-hydrogen) atoms. The fourth-order valence-corrected chi connectivity index (χ4v) is 1.56. The lowest BCUT2D eigenvalue weighted by Gasteiger charge is -2.28. The third kappa shape index (κ3) is 7.42. The third-order valence-corrected chi connectivity index (χ3v) is 2.39. The minimum Gasteiger partial charge on any atom is -0.479 e. The summed E-state index contributed by atoms with van der Waals surface area (Å²) in [5.41, 5.74) is -1.99. The maximum absolute atomic E-state index is 14.3. The highest BCUT2D eigenvalue weighted by molar-refractivity contribution is 6.08. The molecule has 0 radical (unpaired) electrons. The second-order valence-corrected chi connectivity index (χ2v) is 7.30. The number of carboxylic acids is 1. The maximum atomic E-state index is 14.3. The van der Waals surface area contributed by atoms with Gasteiger partial charge >= 0.3 is 24.2 Å². The van der Waals surface area contributed by atoms with E-state index in [1.165, 1.54) is 0 Å². The van der Waals surface area contributed by atoms with E-state index in [2.05, 4.69) is 9.97 Å². The van der Waals surface area contributed by atoms with Crippen LogP contribution in [0.1, 0.15) is 41.5 Å². The first-order chi connectivity index (χ1) is 12.2. The number of hydrogen-bond donors (Lipinski definition) is 1. The molecule has 1 rings (SSSR count). The topological polar surface area (TPSA) is 128 Å². The van der Waals surface area contributed by atoms with Crippen LogP contribution < -0.4 is 9.64 Å². The molecular formula is C16H22FN3O7. The molecule has 0 bridgehead atoms. The van der Waals surface area contributed by atoms with Gasteiger partial charge in [-0.05, 0) is 41.5 Å². The van der Waals surface area contributed by atoms with Gasteiger partial charge in [-0.3, -0.25) is 0 Å². The number of hydrogen-bond acceptors (Lipinski definition) is 8. The van der Waals surface area contributed by atoms with Crippen LogP contribution in [0.2, 0.25) is 0 Å². The zero-order valence-corrected chi connectivity index (χ0v) is 15.9. The fourth-order valence-electron chi connectivity index (χ4n) is 1.56. The van der Waals surface area contributed by atoms with Crippen LogP contribution in [0.3, 0.4) is 0 Å². The van der Waals surface area contributed by atoms with Crippen molar-refractivity contribution in [3.63, 3.8) is 0 Å². The molecule has 11 heteroatoms. The van der Waals surface area contributed by atoms with Gasteiger partial charge < -0.3 is 19.3 Å². The summed E-state index contributed by atoms with van der Waals surface area (Å²) in [6.07, 6.45) is -1.85. The standard InChI is InChI=1S/C16H22FN3O7/c1-15(2,3)26-13(23)20(14(24)27-16(4,5)6)11-9(17)7-18-12(19-11)25-8-10(21)22/h7H,8H2,1-6H3,(H,21,22). The van der Waals surface area contributed by atoms with Crippen LogP contribution in [0, 0.1) is 5.82 Å². The molecule has 1 N–H and O–H groups in total. The van der Waals surface area contributed by atoms with Crippen molar-refractivity contribution >= 4 is 24.0 Å². The summed E-state index contributed by atoms with van der Waals surface area (Å²) in [6, 6.07) is -0.550. The number of ether oxygens (including phenoxy) is 3. The quantitative estimate of drug-likeness (QED) is 0.829. The van der Waals surface area contributed by atoms with Crippen molar-refractivity contribution in [2.75, 3.05) is 11.5 Å². The van der Waals surface area contributed by atoms with E-state index in [0.29, 0.717) is 6.20 Å². The van der Waals surface area contributed by atoms with Gasteiger partial charge in [0.05, 0.1) is 6.20 Å². The molecular weight excluding hydrogens is 365 g/mol. The summed E-state index contributed by atoms with van der Waals surface area (Å²) < 4.78 is 29.2. The van der Waals surface area contributed by atoms with Crippen LogP contribution in [0.4, 0.5) is 19.8 Å². The van der Waals surface area contributed by atoms with Gasteiger partial charge in [0.15, 0.2) is 18.2 Å². The van der Waals surface area contributed by atoms with Gasteiger partial charge in [0.25, 0.3) is 0 Å². The van der Waals surface area contributed by atoms with Crippen molar-refractivity contribution in [1.82, 2.24) is 9.97 Å². The minimum atomic E-state index is -1.32. The van der Waals surface area contributed by atoms with Gasteiger partial charge in [-0.15, -0.1) is 0 Å². The Morgan fingerprint density at radius 2 is 1.56 bits per heavy atom. The second kappa shape index (κ2) is 8.14. The molecule has 0 aliphatic rings. The number of rotatable bonds is 4. The molecule has 1 aromatic heterocycles. The molecule has 0 atom stereocenters. The second-order valence-electron chi connectivity index (χ2n) is 7.30. The molecule has 0 saturated carbocycles. The predicted octanol–water partition coefficient (Wildman–Crippen LogP) is 2.76. The molecule has 2 amide bonds. The summed E-state index contributed by atoms with van der Waals surface area (Å²) in [6.45, 7) is 8.51. The molecule has 0 fully saturated rings. The van der Waals surface area contributed by atoms with Gasteiger partial charge in [0.2, 0.25) is 0 Å². The number of aromatic nitrogens is 2. The van der Waals surface area contributed by atoms with Gasteiger partial charge in [-0.25, -0.2) is 23.8 Å². The van der Waals surface area contributed by atoms with Crippen LogP contribution in [-0.2, 0) is 14.3 Å². The molecule has 0 aromatic carbocycles. The average molecular weight is 387 g/mol. The number of carbonyl (C=O) groups excluding carboxylic acids is 2. The summed E-state index contributed by atoms with van der Waals surface area (Å²) in [5, 5.41) is 8.63. The zero-order chi connectivity index (χ0) is 21.0. The molecule has 1 aromatic rings. The number of halogens is 1. The molecule has 10 nitrogen and oxygen atoms in total. The first kappa shape index (κ1) is 22.1. The summed E-state index contributed by atoms with van der Waals surface area (Å²) in [5.74, 6) is -3.26. The number of carboxylic acid groups (broad SMARTS) is 1. The number of imide groups is 1. The van der Waals surface area contributed by atoms with Gasteiger partial charge in [0.1, 0.15) is 11.2 Å². The zero-order valence-electron chi connectivity index (χ0n) is 15.9. The van der Waals surface area contributed by atoms with Crippen molar-refractivity contribution in [2.24, 2.45) is 0 Å². The summed E-state index contributed by atoms with van der Waals surface area (Å²) in [7, 11) is 0. The predicted molar refractivity (Wildman–Crippen MR) is 90.1 cm³/mol. The van der Waals surface area contributed by atoms with Crippen molar-refractivity contribution < 1.29 is 38.1 Å². The SMILES string of the molecule is CC(C)(C)OC(=O)N(C(=O)OC(C)(C)C)c1nc(OCC(=O)O)ncc1F. The number of nitrogens with zero attached hydrogens (tertiary/aromatic N) is 3.